The van der Waals surface area contributed by atoms with Crippen LogP contribution in [-0.2, 0) is 44.7 Å². The lowest BCUT2D eigenvalue weighted by molar-refractivity contribution is -0.576. The summed E-state index contributed by atoms with van der Waals surface area (Å²) in [5, 5.41) is 0.903. The zero-order valence-corrected chi connectivity index (χ0v) is 28.9. The Kier molecular flexibility index (Phi) is 8.69. The van der Waals surface area contributed by atoms with Crippen LogP contribution in [0.3, 0.4) is 0 Å². The van der Waals surface area contributed by atoms with E-state index in [2.05, 4.69) is 6.92 Å². The lowest BCUT2D eigenvalue weighted by Gasteiger charge is -2.59. The molecule has 12 heteroatoms. The normalized spacial score (nSPS) is 32.3. The smallest absolute Gasteiger partial charge is 0.308 e. The molecule has 4 saturated heterocycles. The maximum atomic E-state index is 12.9. The fourth-order valence-electron chi connectivity index (χ4n) is 8.60. The number of esters is 2. The van der Waals surface area contributed by atoms with Crippen molar-refractivity contribution in [2.24, 2.45) is 23.7 Å². The Morgan fingerprint density at radius 3 is 2.64 bits per heavy atom. The van der Waals surface area contributed by atoms with E-state index in [9.17, 15) is 9.59 Å². The number of ether oxygens (including phenoxy) is 7. The Morgan fingerprint density at radius 2 is 1.78 bits per heavy atom. The fourth-order valence-corrected chi connectivity index (χ4v) is 8.60. The number of hydrogen-bond acceptors (Lipinski definition) is 12. The number of rotatable bonds is 10. The summed E-state index contributed by atoms with van der Waals surface area (Å²) in [4.78, 5) is 37.5. The van der Waals surface area contributed by atoms with Gasteiger partial charge in [-0.05, 0) is 92.8 Å². The molecular weight excluding hydrogens is 648 g/mol. The van der Waals surface area contributed by atoms with Crippen molar-refractivity contribution in [1.82, 2.24) is 0 Å². The summed E-state index contributed by atoms with van der Waals surface area (Å²) < 4.78 is 46.7. The maximum Gasteiger partial charge on any atom is 0.308 e. The third kappa shape index (κ3) is 5.89. The Hall–Kier alpha value is -3.84. The van der Waals surface area contributed by atoms with Crippen LogP contribution >= 0.6 is 0 Å². The second-order valence-electron chi connectivity index (χ2n) is 14.5. The molecule has 1 aliphatic carbocycles. The molecule has 50 heavy (non-hydrogen) atoms. The molecule has 1 saturated carbocycles. The van der Waals surface area contributed by atoms with Gasteiger partial charge in [0.05, 0.1) is 26.6 Å². The van der Waals surface area contributed by atoms with Crippen LogP contribution in [0.15, 0.2) is 40.8 Å². The van der Waals surface area contributed by atoms with Gasteiger partial charge in [-0.25, -0.2) is 9.78 Å². The second kappa shape index (κ2) is 13.0. The maximum absolute atomic E-state index is 12.9. The second-order valence-corrected chi connectivity index (χ2v) is 14.5. The average Bonchev–Trinajstić information content (AvgIpc) is 3.70. The SMILES string of the molecule is COc1cc(CCCOC(=O)CCC(=O)O[C@@H]2O[C@@H]3O[C@]4(C)CC[C@H]5[C@H](C)CCC([C@H]2C)[C@@]35OO4)cc2cc(-c3ccc4c(c3)OCO4)oc12. The minimum absolute atomic E-state index is 0.0409. The molecular formula is C38H44O12. The minimum Gasteiger partial charge on any atom is -0.493 e. The molecule has 0 radical (unpaired) electrons. The third-order valence-electron chi connectivity index (χ3n) is 11.3. The van der Waals surface area contributed by atoms with E-state index < -0.39 is 35.9 Å². The van der Waals surface area contributed by atoms with Crippen LogP contribution in [0.2, 0.25) is 0 Å². The topological polar surface area (TPSA) is 130 Å². The molecule has 0 N–H and O–H groups in total. The van der Waals surface area contributed by atoms with Gasteiger partial charge in [-0.3, -0.25) is 9.59 Å². The molecule has 8 atom stereocenters. The summed E-state index contributed by atoms with van der Waals surface area (Å²) in [5.74, 6) is 1.38. The van der Waals surface area contributed by atoms with Crippen molar-refractivity contribution >= 4 is 22.9 Å². The monoisotopic (exact) mass is 692 g/mol. The third-order valence-corrected chi connectivity index (χ3v) is 11.3. The Balaban J connectivity index is 0.821. The molecule has 2 bridgehead atoms. The van der Waals surface area contributed by atoms with Crippen molar-refractivity contribution < 1.29 is 56.9 Å². The molecule has 6 aliphatic rings. The molecule has 1 spiro atoms. The van der Waals surface area contributed by atoms with Gasteiger partial charge in [0, 0.05) is 29.2 Å². The van der Waals surface area contributed by atoms with Crippen molar-refractivity contribution in [3.05, 3.63) is 42.0 Å². The zero-order valence-electron chi connectivity index (χ0n) is 28.9. The quantitative estimate of drug-likeness (QED) is 0.125. The fraction of sp³-hybridized carbons (Fsp3) is 0.579. The van der Waals surface area contributed by atoms with Crippen LogP contribution in [-0.4, -0.2) is 56.4 Å². The first-order valence-corrected chi connectivity index (χ1v) is 17.7. The summed E-state index contributed by atoms with van der Waals surface area (Å²) in [5.41, 5.74) is 1.81. The standard InChI is InChI=1S/C38H44O12/c1-21-7-9-27-22(2)35(47-36-38(27)26(21)13-14-37(3,48-36)49-50-38)46-33(40)12-11-32(39)42-15-5-6-23-16-25-19-29(45-34(25)31(17-23)41-4)24-8-10-28-30(18-24)44-20-43-28/h8,10,16-19,21-22,26-27,35-36H,5-7,9,11-15,20H2,1-4H3/t21-,22-,26+,27?,35-,36-,37+,38-/m1/s1. The number of carbonyl (C=O) groups is 2. The predicted molar refractivity (Wildman–Crippen MR) is 176 cm³/mol. The van der Waals surface area contributed by atoms with E-state index >= 15 is 0 Å². The van der Waals surface area contributed by atoms with Gasteiger partial charge in [-0.1, -0.05) is 13.8 Å². The molecule has 3 aromatic rings. The Labute approximate surface area is 290 Å². The molecule has 6 heterocycles. The van der Waals surface area contributed by atoms with Crippen LogP contribution in [0.5, 0.6) is 17.2 Å². The predicted octanol–water partition coefficient (Wildman–Crippen LogP) is 6.84. The molecule has 12 nitrogen and oxygen atoms in total. The zero-order chi connectivity index (χ0) is 34.6. The number of methoxy groups -OCH3 is 1. The minimum atomic E-state index is -0.910. The van der Waals surface area contributed by atoms with Gasteiger partial charge in [0.2, 0.25) is 18.9 Å². The van der Waals surface area contributed by atoms with E-state index in [0.717, 1.165) is 35.8 Å². The summed E-state index contributed by atoms with van der Waals surface area (Å²) in [6.45, 7) is 6.56. The number of furan rings is 1. The number of carbonyl (C=O) groups excluding carboxylic acids is 2. The Morgan fingerprint density at radius 1 is 0.940 bits per heavy atom. The van der Waals surface area contributed by atoms with E-state index in [1.165, 1.54) is 0 Å². The van der Waals surface area contributed by atoms with Crippen LogP contribution in [0.1, 0.15) is 71.3 Å². The summed E-state index contributed by atoms with van der Waals surface area (Å²) in [6.07, 6.45) is 3.12. The van der Waals surface area contributed by atoms with Crippen molar-refractivity contribution in [2.45, 2.75) is 96.1 Å². The molecule has 268 valence electrons. The summed E-state index contributed by atoms with van der Waals surface area (Å²) >= 11 is 0. The van der Waals surface area contributed by atoms with Gasteiger partial charge in [0.25, 0.3) is 0 Å². The van der Waals surface area contributed by atoms with Crippen LogP contribution in [0.4, 0.5) is 0 Å². The molecule has 1 aromatic heterocycles. The lowest BCUT2D eigenvalue weighted by Crippen LogP contribution is -2.70. The van der Waals surface area contributed by atoms with Gasteiger partial charge in [0.1, 0.15) is 5.76 Å². The first-order valence-electron chi connectivity index (χ1n) is 17.7. The number of fused-ring (bicyclic) bond motifs is 4. The molecule has 2 aromatic carbocycles. The number of aryl methyl sites for hydroxylation is 1. The van der Waals surface area contributed by atoms with Crippen molar-refractivity contribution in [2.75, 3.05) is 20.5 Å². The van der Waals surface area contributed by atoms with Gasteiger partial charge in [0.15, 0.2) is 34.7 Å². The molecule has 0 amide bonds. The van der Waals surface area contributed by atoms with Crippen molar-refractivity contribution in [1.29, 1.82) is 0 Å². The van der Waals surface area contributed by atoms with Gasteiger partial charge in [-0.2, -0.15) is 0 Å². The first-order chi connectivity index (χ1) is 24.2. The highest BCUT2D eigenvalue weighted by Crippen LogP contribution is 2.60. The van der Waals surface area contributed by atoms with E-state index in [4.69, 9.17) is 47.4 Å². The van der Waals surface area contributed by atoms with Crippen LogP contribution in [0, 0.1) is 23.7 Å². The largest absolute Gasteiger partial charge is 0.493 e. The van der Waals surface area contributed by atoms with Crippen molar-refractivity contribution in [3.8, 4) is 28.6 Å². The molecule has 9 rings (SSSR count). The highest BCUT2D eigenvalue weighted by atomic mass is 17.3. The molecule has 5 fully saturated rings. The highest BCUT2D eigenvalue weighted by molar-refractivity contribution is 5.88. The lowest BCUT2D eigenvalue weighted by atomic mass is 9.58. The van der Waals surface area contributed by atoms with Crippen LogP contribution < -0.4 is 14.2 Å². The summed E-state index contributed by atoms with van der Waals surface area (Å²) in [7, 11) is 1.61. The van der Waals surface area contributed by atoms with Gasteiger partial charge in [-0.15, -0.1) is 0 Å². The van der Waals surface area contributed by atoms with Gasteiger partial charge < -0.3 is 37.6 Å². The van der Waals surface area contributed by atoms with E-state index in [0.29, 0.717) is 53.8 Å². The molecule has 5 aliphatic heterocycles. The number of benzene rings is 2. The first kappa shape index (κ1) is 33.3. The van der Waals surface area contributed by atoms with Gasteiger partial charge >= 0.3 is 11.9 Å². The summed E-state index contributed by atoms with van der Waals surface area (Å²) in [6, 6.07) is 11.6. The Bertz CT molecular complexity index is 1770. The van der Waals surface area contributed by atoms with Crippen molar-refractivity contribution in [3.63, 3.8) is 0 Å². The average molecular weight is 693 g/mol. The number of hydrogen-bond donors (Lipinski definition) is 0. The van der Waals surface area contributed by atoms with E-state index in [1.807, 2.05) is 50.2 Å². The molecule has 1 unspecified atom stereocenters. The highest BCUT2D eigenvalue weighted by Gasteiger charge is 2.69. The van der Waals surface area contributed by atoms with E-state index in [-0.39, 0.29) is 44.0 Å². The van der Waals surface area contributed by atoms with Crippen LogP contribution in [0.25, 0.3) is 22.3 Å². The van der Waals surface area contributed by atoms with E-state index in [1.54, 1.807) is 7.11 Å².